The Labute approximate surface area is 561 Å². The maximum atomic E-state index is 15.3. The lowest BCUT2D eigenvalue weighted by molar-refractivity contribution is -0.157. The molecule has 0 aliphatic carbocycles. The predicted molar refractivity (Wildman–Crippen MR) is 365 cm³/mol. The van der Waals surface area contributed by atoms with Gasteiger partial charge < -0.3 is 70.6 Å². The molecule has 1 aliphatic rings. The molecular weight excluding hydrogens is 1210 g/mol. The summed E-state index contributed by atoms with van der Waals surface area (Å²) in [7, 11) is 13.7. The summed E-state index contributed by atoms with van der Waals surface area (Å²) in [4.78, 5) is 174. The SMILES string of the molecule is C/C=C/C[C@@H](C)[C@@H](O)[C@H]1C(=O)N[C@@H](CC)C(=O)N(C)[C@H](SCCN(C)C)C(=O)N(C)[C@@H](CC(C)(C)O)C(=O)N[C@@](C=O)(C(C)C)CN(C)C(CC(C)C)C(=O)N[C@@H](C)C(=O)N[C@H](C)C(=O)N(C)[C@@H](CC(C)C)C(=O)N(C)[C@@H](CC(C)C)C(=O)N(C)[C@@H](C(C)C)C(=O)N1C. The first kappa shape index (κ1) is 85.3. The number of hydrogen-bond acceptors (Lipinski definition) is 16. The van der Waals surface area contributed by atoms with E-state index in [1.807, 2.05) is 60.5 Å². The number of thioether (sulfide) groups is 1. The summed E-state index contributed by atoms with van der Waals surface area (Å²) in [6.45, 7) is 29.3. The van der Waals surface area contributed by atoms with Crippen LogP contribution in [-0.4, -0.2) is 274 Å². The number of carbonyl (C=O) groups is 11. The van der Waals surface area contributed by atoms with Crippen LogP contribution in [0.3, 0.4) is 0 Å². The van der Waals surface area contributed by atoms with Crippen LogP contribution in [0.25, 0.3) is 0 Å². The summed E-state index contributed by atoms with van der Waals surface area (Å²) in [5, 5.41) is 33.5. The molecule has 13 atom stereocenters. The lowest BCUT2D eigenvalue weighted by Gasteiger charge is -2.42. The monoisotopic (exact) mass is 1330 g/mol. The molecule has 0 saturated carbocycles. The molecule has 0 aromatic carbocycles. The molecule has 25 nitrogen and oxygen atoms in total. The zero-order valence-electron chi connectivity index (χ0n) is 61.3. The molecule has 0 bridgehead atoms. The summed E-state index contributed by atoms with van der Waals surface area (Å²) in [6.07, 6.45) is 3.02. The number of aldehydes is 1. The molecule has 0 aromatic heterocycles. The standard InChI is InChI=1S/C67H122N12O13S/c1-27-29-30-44(13)54(81)53-58(85)70-47(28-2)60(87)79(26)65(93-32-31-72(18)19)64(91)76(23)51(36-66(16,17)92)57(84)71-67(38-80,43(11)12)37-73(20)48(33-39(3)4)56(83)68-45(14)55(82)69-46(15)59(86)74(21)49(34-40(5)6)61(88)75(22)50(35-41(7)8)62(89)77(24)52(42(9)10)63(90)78(53)25/h27,29,38-54,65,81,92H,28,30-37H2,1-26H3,(H,68,83)(H,69,82)(H,70,85)(H,71,84)/b29-27+/t44-,45+,46-,47+,48?,49+,50+,51+,52+,53+,54-,65-,67+/m1/s1. The van der Waals surface area contributed by atoms with Crippen LogP contribution in [0.2, 0.25) is 0 Å². The Morgan fingerprint density at radius 1 is 0.602 bits per heavy atom. The topological polar surface area (TPSA) is 302 Å². The van der Waals surface area contributed by atoms with Crippen LogP contribution < -0.4 is 21.3 Å². The van der Waals surface area contributed by atoms with Crippen LogP contribution in [0.1, 0.15) is 156 Å². The Balaban J connectivity index is 4.60. The van der Waals surface area contributed by atoms with Gasteiger partial charge in [-0.15, -0.1) is 11.8 Å². The van der Waals surface area contributed by atoms with Crippen molar-refractivity contribution in [1.29, 1.82) is 0 Å². The van der Waals surface area contributed by atoms with E-state index in [2.05, 4.69) is 21.3 Å². The molecule has 1 unspecified atom stereocenters. The van der Waals surface area contributed by atoms with Crippen molar-refractivity contribution in [2.24, 2.45) is 35.5 Å². The molecule has 0 radical (unpaired) electrons. The molecule has 6 N–H and O–H groups in total. The van der Waals surface area contributed by atoms with E-state index in [4.69, 9.17) is 0 Å². The molecule has 26 heteroatoms. The average Bonchev–Trinajstić information content (AvgIpc) is 0.817. The minimum Gasteiger partial charge on any atom is -0.390 e. The largest absolute Gasteiger partial charge is 0.390 e. The minimum absolute atomic E-state index is 0.0339. The van der Waals surface area contributed by atoms with Crippen molar-refractivity contribution in [3.63, 3.8) is 0 Å². The van der Waals surface area contributed by atoms with Crippen molar-refractivity contribution >= 4 is 77.1 Å². The highest BCUT2D eigenvalue weighted by Gasteiger charge is 2.48. The Hall–Kier alpha value is -5.70. The highest BCUT2D eigenvalue weighted by atomic mass is 32.2. The van der Waals surface area contributed by atoms with Crippen LogP contribution in [0.5, 0.6) is 0 Å². The Morgan fingerprint density at radius 3 is 1.53 bits per heavy atom. The molecule has 0 aromatic rings. The second-order valence-electron chi connectivity index (χ2n) is 28.7. The number of amides is 10. The molecule has 10 amide bonds. The third kappa shape index (κ3) is 24.5. The zero-order valence-corrected chi connectivity index (χ0v) is 62.1. The van der Waals surface area contributed by atoms with Gasteiger partial charge in [-0.05, 0) is 123 Å². The number of nitrogens with one attached hydrogen (secondary N) is 4. The van der Waals surface area contributed by atoms with E-state index in [0.29, 0.717) is 18.6 Å². The van der Waals surface area contributed by atoms with Gasteiger partial charge in [-0.25, -0.2) is 0 Å². The van der Waals surface area contributed by atoms with Crippen LogP contribution in [0.4, 0.5) is 0 Å². The van der Waals surface area contributed by atoms with E-state index in [1.165, 1.54) is 89.6 Å². The molecule has 1 fully saturated rings. The van der Waals surface area contributed by atoms with E-state index in [1.54, 1.807) is 72.6 Å². The van der Waals surface area contributed by atoms with Gasteiger partial charge >= 0.3 is 0 Å². The molecule has 93 heavy (non-hydrogen) atoms. The lowest BCUT2D eigenvalue weighted by Crippen LogP contribution is -2.66. The van der Waals surface area contributed by atoms with Crippen molar-refractivity contribution in [2.45, 2.75) is 233 Å². The van der Waals surface area contributed by atoms with Gasteiger partial charge in [0.2, 0.25) is 53.2 Å². The summed E-state index contributed by atoms with van der Waals surface area (Å²) >= 11 is 1.09. The highest BCUT2D eigenvalue weighted by Crippen LogP contribution is 2.28. The molecule has 1 rings (SSSR count). The van der Waals surface area contributed by atoms with Crippen molar-refractivity contribution in [3.8, 4) is 0 Å². The first-order valence-electron chi connectivity index (χ1n) is 33.1. The van der Waals surface area contributed by atoms with Gasteiger partial charge in [0.05, 0.1) is 17.7 Å². The van der Waals surface area contributed by atoms with Gasteiger partial charge in [0.15, 0.2) is 5.37 Å². The summed E-state index contributed by atoms with van der Waals surface area (Å²) < 4.78 is 0. The van der Waals surface area contributed by atoms with Crippen LogP contribution in [-0.2, 0) is 52.7 Å². The maximum absolute atomic E-state index is 15.3. The molecule has 1 heterocycles. The van der Waals surface area contributed by atoms with Gasteiger partial charge in [-0.1, -0.05) is 95.2 Å². The molecule has 534 valence electrons. The summed E-state index contributed by atoms with van der Waals surface area (Å²) in [5.41, 5.74) is -3.33. The van der Waals surface area contributed by atoms with Gasteiger partial charge in [-0.3, -0.25) is 52.8 Å². The first-order chi connectivity index (χ1) is 42.8. The van der Waals surface area contributed by atoms with Crippen LogP contribution in [0.15, 0.2) is 12.2 Å². The van der Waals surface area contributed by atoms with E-state index in [9.17, 15) is 29.4 Å². The van der Waals surface area contributed by atoms with Crippen LogP contribution in [0, 0.1) is 35.5 Å². The third-order valence-corrected chi connectivity index (χ3v) is 18.9. The molecule has 1 aliphatic heterocycles. The number of nitrogens with zero attached hydrogens (tertiary/aromatic N) is 8. The zero-order chi connectivity index (χ0) is 72.2. The van der Waals surface area contributed by atoms with Crippen molar-refractivity contribution in [1.82, 2.24) is 60.5 Å². The van der Waals surface area contributed by atoms with Gasteiger partial charge in [0, 0.05) is 67.5 Å². The van der Waals surface area contributed by atoms with E-state index >= 15 is 33.6 Å². The second kappa shape index (κ2) is 38.1. The number of carbonyl (C=O) groups excluding carboxylic acids is 11. The van der Waals surface area contributed by atoms with Gasteiger partial charge in [0.25, 0.3) is 5.91 Å². The predicted octanol–water partition coefficient (Wildman–Crippen LogP) is 3.05. The fourth-order valence-electron chi connectivity index (χ4n) is 11.5. The quantitative estimate of drug-likeness (QED) is 0.0754. The third-order valence-electron chi connectivity index (χ3n) is 17.6. The Morgan fingerprint density at radius 2 is 1.08 bits per heavy atom. The van der Waals surface area contributed by atoms with Crippen molar-refractivity contribution in [2.75, 3.05) is 82.3 Å². The van der Waals surface area contributed by atoms with Gasteiger partial charge in [-0.2, -0.15) is 0 Å². The van der Waals surface area contributed by atoms with E-state index in [-0.39, 0.29) is 62.8 Å². The number of hydrogen-bond donors (Lipinski definition) is 6. The fourth-order valence-corrected chi connectivity index (χ4v) is 12.9. The van der Waals surface area contributed by atoms with Gasteiger partial charge in [0.1, 0.15) is 60.2 Å². The van der Waals surface area contributed by atoms with Crippen molar-refractivity contribution < 1.29 is 63.0 Å². The number of likely N-dealkylation sites (N-methyl/N-ethyl adjacent to an activating group) is 7. The number of aliphatic hydroxyl groups excluding tert-OH is 1. The van der Waals surface area contributed by atoms with Crippen molar-refractivity contribution in [3.05, 3.63) is 12.2 Å². The molecule has 0 spiro atoms. The van der Waals surface area contributed by atoms with E-state index in [0.717, 1.165) is 21.6 Å². The second-order valence-corrected chi connectivity index (χ2v) is 29.9. The average molecular weight is 1340 g/mol. The lowest BCUT2D eigenvalue weighted by atomic mass is 9.85. The highest BCUT2D eigenvalue weighted by molar-refractivity contribution is 8.00. The fraction of sp³-hybridized carbons (Fsp3) is 0.806. The van der Waals surface area contributed by atoms with Crippen LogP contribution >= 0.6 is 11.8 Å². The van der Waals surface area contributed by atoms with E-state index < -0.39 is 154 Å². The number of allylic oxidation sites excluding steroid dienone is 2. The Kier molecular flexibility index (Phi) is 35.0. The molecular formula is C67H122N12O13S. The Bertz CT molecular complexity index is 2540. The number of aliphatic hydroxyl groups is 2. The smallest absolute Gasteiger partial charge is 0.256 e. The molecule has 1 saturated heterocycles. The maximum Gasteiger partial charge on any atom is 0.256 e. The minimum atomic E-state index is -1.74. The number of rotatable bonds is 20. The summed E-state index contributed by atoms with van der Waals surface area (Å²) in [6, 6.07) is -11.6. The summed E-state index contributed by atoms with van der Waals surface area (Å²) in [5.74, 6) is -9.18. The first-order valence-corrected chi connectivity index (χ1v) is 34.1. The normalized spacial score (nSPS) is 27.5.